The maximum atomic E-state index is 13.8. The van der Waals surface area contributed by atoms with Gasteiger partial charge < -0.3 is 5.11 Å². The third kappa shape index (κ3) is 3.61. The lowest BCUT2D eigenvalue weighted by atomic mass is 10.1. The smallest absolute Gasteiger partial charge is 0.338 e. The van der Waals surface area contributed by atoms with Crippen molar-refractivity contribution < 1.29 is 14.3 Å². The van der Waals surface area contributed by atoms with E-state index in [4.69, 9.17) is 16.7 Å². The molecule has 3 aromatic heterocycles. The predicted octanol–water partition coefficient (Wildman–Crippen LogP) is 2.52. The molecule has 1 atom stereocenters. The van der Waals surface area contributed by atoms with Crippen molar-refractivity contribution in [3.05, 3.63) is 69.1 Å². The maximum Gasteiger partial charge on any atom is 0.338 e. The molecule has 4 aromatic rings. The molecule has 2 N–H and O–H groups in total. The van der Waals surface area contributed by atoms with Crippen LogP contribution in [0.5, 0.6) is 0 Å². The summed E-state index contributed by atoms with van der Waals surface area (Å²) in [6.07, 6.45) is 3.78. The number of aromatic nitrogens is 6. The largest absolute Gasteiger partial charge is 0.478 e. The van der Waals surface area contributed by atoms with Crippen LogP contribution in [-0.2, 0) is 0 Å². The Morgan fingerprint density at radius 3 is 2.72 bits per heavy atom. The van der Waals surface area contributed by atoms with Crippen molar-refractivity contribution in [2.75, 3.05) is 0 Å². The SMILES string of the molecule is C[C@@H](c1ccc(Cl)c(F)c1)n1ncc2nc(-n3cc(C(=O)O)cn3)[nH]c(=O)c21.S. The lowest BCUT2D eigenvalue weighted by molar-refractivity contribution is 0.0697. The molecule has 0 spiro atoms. The Morgan fingerprint density at radius 1 is 1.31 bits per heavy atom. The van der Waals surface area contributed by atoms with Crippen LogP contribution in [-0.4, -0.2) is 40.6 Å². The van der Waals surface area contributed by atoms with E-state index < -0.39 is 23.4 Å². The van der Waals surface area contributed by atoms with E-state index in [2.05, 4.69) is 20.2 Å². The number of H-pyrrole nitrogens is 1. The number of aromatic amines is 1. The Hall–Kier alpha value is -3.18. The van der Waals surface area contributed by atoms with Gasteiger partial charge in [-0.15, -0.1) is 0 Å². The highest BCUT2D eigenvalue weighted by molar-refractivity contribution is 7.59. The molecule has 9 nitrogen and oxygen atoms in total. The molecule has 150 valence electrons. The second-order valence-electron chi connectivity index (χ2n) is 6.04. The van der Waals surface area contributed by atoms with Crippen molar-refractivity contribution in [3.8, 4) is 5.95 Å². The molecule has 3 heterocycles. The van der Waals surface area contributed by atoms with Gasteiger partial charge in [0.1, 0.15) is 11.3 Å². The molecule has 0 unspecified atom stereocenters. The number of aromatic carboxylic acids is 1. The first kappa shape index (κ1) is 20.6. The van der Waals surface area contributed by atoms with Crippen LogP contribution in [0.25, 0.3) is 17.0 Å². The Labute approximate surface area is 174 Å². The summed E-state index contributed by atoms with van der Waals surface area (Å²) in [7, 11) is 0. The van der Waals surface area contributed by atoms with Gasteiger partial charge in [0.15, 0.2) is 5.52 Å². The fraction of sp³-hybridized carbons (Fsp3) is 0.118. The van der Waals surface area contributed by atoms with Crippen molar-refractivity contribution in [1.82, 2.24) is 29.5 Å². The second-order valence-corrected chi connectivity index (χ2v) is 6.45. The average Bonchev–Trinajstić information content (AvgIpc) is 3.30. The van der Waals surface area contributed by atoms with Crippen molar-refractivity contribution in [2.24, 2.45) is 0 Å². The molecule has 4 rings (SSSR count). The number of nitrogens with one attached hydrogen (secondary N) is 1. The fourth-order valence-corrected chi connectivity index (χ4v) is 2.94. The van der Waals surface area contributed by atoms with E-state index in [1.165, 1.54) is 29.2 Å². The molecule has 1 aromatic carbocycles. The Morgan fingerprint density at radius 2 is 2.07 bits per heavy atom. The zero-order chi connectivity index (χ0) is 20.0. The molecule has 0 bridgehead atoms. The summed E-state index contributed by atoms with van der Waals surface area (Å²) in [5.74, 6) is -1.66. The number of fused-ring (bicyclic) bond motifs is 1. The minimum Gasteiger partial charge on any atom is -0.478 e. The minimum absolute atomic E-state index is 0. The van der Waals surface area contributed by atoms with Gasteiger partial charge in [-0.05, 0) is 24.6 Å². The van der Waals surface area contributed by atoms with E-state index in [1.807, 2.05) is 0 Å². The van der Waals surface area contributed by atoms with Gasteiger partial charge in [0.05, 0.1) is 29.0 Å². The first-order valence-corrected chi connectivity index (χ1v) is 8.44. The monoisotopic (exact) mass is 436 g/mol. The highest BCUT2D eigenvalue weighted by Crippen LogP contribution is 2.24. The van der Waals surface area contributed by atoms with E-state index in [0.717, 1.165) is 10.9 Å². The Balaban J connectivity index is 0.00000240. The van der Waals surface area contributed by atoms with Crippen molar-refractivity contribution in [1.29, 1.82) is 0 Å². The summed E-state index contributed by atoms with van der Waals surface area (Å²) in [6.45, 7) is 1.76. The zero-order valence-corrected chi connectivity index (χ0v) is 16.6. The molecule has 0 saturated heterocycles. The van der Waals surface area contributed by atoms with Gasteiger partial charge in [-0.1, -0.05) is 17.7 Å². The summed E-state index contributed by atoms with van der Waals surface area (Å²) < 4.78 is 16.4. The summed E-state index contributed by atoms with van der Waals surface area (Å²) >= 11 is 5.72. The van der Waals surface area contributed by atoms with Crippen LogP contribution < -0.4 is 5.56 Å². The fourth-order valence-electron chi connectivity index (χ4n) is 2.82. The molecule has 0 aliphatic carbocycles. The van der Waals surface area contributed by atoms with Crippen molar-refractivity contribution in [3.63, 3.8) is 0 Å². The summed E-state index contributed by atoms with van der Waals surface area (Å²) in [5, 5.41) is 17.1. The third-order valence-electron chi connectivity index (χ3n) is 4.28. The highest BCUT2D eigenvalue weighted by atomic mass is 35.5. The van der Waals surface area contributed by atoms with Crippen molar-refractivity contribution in [2.45, 2.75) is 13.0 Å². The van der Waals surface area contributed by atoms with E-state index in [1.54, 1.807) is 13.0 Å². The minimum atomic E-state index is -1.15. The molecule has 0 saturated carbocycles. The summed E-state index contributed by atoms with van der Waals surface area (Å²) in [6, 6.07) is 3.92. The third-order valence-corrected chi connectivity index (χ3v) is 4.59. The first-order chi connectivity index (χ1) is 13.3. The van der Waals surface area contributed by atoms with Gasteiger partial charge in [-0.2, -0.15) is 23.7 Å². The van der Waals surface area contributed by atoms with Crippen LogP contribution in [0.15, 0.2) is 41.6 Å². The topological polar surface area (TPSA) is 119 Å². The van der Waals surface area contributed by atoms with Crippen molar-refractivity contribution >= 4 is 42.1 Å². The van der Waals surface area contributed by atoms with E-state index >= 15 is 0 Å². The normalized spacial score (nSPS) is 12.0. The van der Waals surface area contributed by atoms with Crippen LogP contribution in [0.1, 0.15) is 28.9 Å². The number of halogens is 2. The molecule has 0 amide bonds. The van der Waals surface area contributed by atoms with Crippen LogP contribution in [0.2, 0.25) is 5.02 Å². The zero-order valence-electron chi connectivity index (χ0n) is 14.8. The molecule has 12 heteroatoms. The maximum absolute atomic E-state index is 13.8. The number of hydrogen-bond acceptors (Lipinski definition) is 5. The quantitative estimate of drug-likeness (QED) is 0.507. The van der Waals surface area contributed by atoms with Crippen LogP contribution in [0.4, 0.5) is 4.39 Å². The first-order valence-electron chi connectivity index (χ1n) is 8.06. The molecular formula is C17H14ClFN6O3S. The van der Waals surface area contributed by atoms with E-state index in [9.17, 15) is 14.0 Å². The Bertz CT molecular complexity index is 1280. The number of benzene rings is 1. The molecule has 0 aliphatic heterocycles. The lowest BCUT2D eigenvalue weighted by Crippen LogP contribution is -2.19. The lowest BCUT2D eigenvalue weighted by Gasteiger charge is -2.14. The molecule has 0 aliphatic rings. The summed E-state index contributed by atoms with van der Waals surface area (Å²) in [5.41, 5.74) is 0.515. The van der Waals surface area contributed by atoms with Crippen LogP contribution in [0.3, 0.4) is 0 Å². The number of rotatable bonds is 4. The number of carbonyl (C=O) groups is 1. The van der Waals surface area contributed by atoms with Gasteiger partial charge in [-0.25, -0.2) is 18.9 Å². The van der Waals surface area contributed by atoms with E-state index in [0.29, 0.717) is 5.56 Å². The molecule has 0 radical (unpaired) electrons. The van der Waals surface area contributed by atoms with Crippen LogP contribution in [0, 0.1) is 5.82 Å². The summed E-state index contributed by atoms with van der Waals surface area (Å²) in [4.78, 5) is 30.5. The highest BCUT2D eigenvalue weighted by Gasteiger charge is 2.18. The molecule has 0 fully saturated rings. The van der Waals surface area contributed by atoms with E-state index in [-0.39, 0.29) is 41.1 Å². The van der Waals surface area contributed by atoms with Gasteiger partial charge in [0.25, 0.3) is 5.56 Å². The van der Waals surface area contributed by atoms with Gasteiger partial charge in [0, 0.05) is 6.20 Å². The second kappa shape index (κ2) is 7.68. The van der Waals surface area contributed by atoms with Gasteiger partial charge >= 0.3 is 5.97 Å². The number of carboxylic acid groups (broad SMARTS) is 1. The molecular weight excluding hydrogens is 423 g/mol. The average molecular weight is 437 g/mol. The van der Waals surface area contributed by atoms with Gasteiger partial charge in [0.2, 0.25) is 5.95 Å². The molecule has 29 heavy (non-hydrogen) atoms. The predicted molar refractivity (Wildman–Crippen MR) is 108 cm³/mol. The van der Waals surface area contributed by atoms with Gasteiger partial charge in [-0.3, -0.25) is 14.5 Å². The number of hydrogen-bond donors (Lipinski definition) is 2. The Kier molecular flexibility index (Phi) is 5.44. The number of carboxylic acids is 1. The standard InChI is InChI=1S/C17H12ClFN6O3.H2S/c1-8(9-2-3-11(18)12(19)4-9)25-14-13(6-21-25)22-17(23-15(14)26)24-7-10(5-20-24)16(27)28;/h2-8H,1H3,(H,27,28)(H,22,23,26);1H2/t8-;/m0./s1. The number of nitrogens with zero attached hydrogens (tertiary/aromatic N) is 5. The van der Waals surface area contributed by atoms with Crippen LogP contribution >= 0.6 is 25.1 Å².